The van der Waals surface area contributed by atoms with Gasteiger partial charge in [0.15, 0.2) is 0 Å². The normalized spacial score (nSPS) is 12.9. The van der Waals surface area contributed by atoms with Crippen LogP contribution in [0, 0.1) is 0 Å². The molecule has 0 atom stereocenters. The highest BCUT2D eigenvalue weighted by atomic mass is 79.9. The number of rotatable bonds is 4. The number of hydrogen-bond donors (Lipinski definition) is 0. The zero-order valence-electron chi connectivity index (χ0n) is 10.9. The molecule has 2 aromatic carbocycles. The molecule has 0 amide bonds. The fourth-order valence-electron chi connectivity index (χ4n) is 2.33. The average molecular weight is 354 g/mol. The van der Waals surface area contributed by atoms with Gasteiger partial charge in [-0.3, -0.25) is 0 Å². The standard InChI is InChI=1S/C16H14BrClO2/c17-9-11-2-1-3-15(6-11)20-10-13-8-14(18)7-12-4-5-19-16(12)13/h1-3,6-8H,4-5,9-10H2. The Morgan fingerprint density at radius 3 is 3.00 bits per heavy atom. The van der Waals surface area contributed by atoms with Crippen molar-refractivity contribution in [2.45, 2.75) is 18.4 Å². The van der Waals surface area contributed by atoms with Crippen LogP contribution in [0.15, 0.2) is 36.4 Å². The van der Waals surface area contributed by atoms with Crippen LogP contribution >= 0.6 is 27.5 Å². The molecular weight excluding hydrogens is 340 g/mol. The van der Waals surface area contributed by atoms with Gasteiger partial charge in [-0.05, 0) is 35.4 Å². The quantitative estimate of drug-likeness (QED) is 0.739. The van der Waals surface area contributed by atoms with Crippen LogP contribution < -0.4 is 9.47 Å². The zero-order valence-corrected chi connectivity index (χ0v) is 13.2. The van der Waals surface area contributed by atoms with Crippen molar-refractivity contribution in [3.63, 3.8) is 0 Å². The zero-order chi connectivity index (χ0) is 13.9. The molecule has 0 aliphatic carbocycles. The number of benzene rings is 2. The molecule has 0 bridgehead atoms. The largest absolute Gasteiger partial charge is 0.493 e. The van der Waals surface area contributed by atoms with Gasteiger partial charge in [-0.25, -0.2) is 0 Å². The topological polar surface area (TPSA) is 18.5 Å². The summed E-state index contributed by atoms with van der Waals surface area (Å²) in [6, 6.07) is 11.9. The maximum Gasteiger partial charge on any atom is 0.129 e. The van der Waals surface area contributed by atoms with Gasteiger partial charge in [0, 0.05) is 22.3 Å². The molecule has 3 rings (SSSR count). The molecule has 0 aromatic heterocycles. The summed E-state index contributed by atoms with van der Waals surface area (Å²) in [5, 5.41) is 1.56. The Labute approximate surface area is 131 Å². The van der Waals surface area contributed by atoms with Gasteiger partial charge in [0.2, 0.25) is 0 Å². The first-order chi connectivity index (χ1) is 9.76. The maximum absolute atomic E-state index is 6.14. The number of fused-ring (bicyclic) bond motifs is 1. The van der Waals surface area contributed by atoms with Crippen LogP contribution in [0.3, 0.4) is 0 Å². The predicted octanol–water partition coefficient (Wildman–Crippen LogP) is 4.75. The van der Waals surface area contributed by atoms with Crippen molar-refractivity contribution in [3.8, 4) is 11.5 Å². The lowest BCUT2D eigenvalue weighted by Gasteiger charge is -2.11. The third kappa shape index (κ3) is 2.94. The van der Waals surface area contributed by atoms with Crippen LogP contribution in [0.5, 0.6) is 11.5 Å². The van der Waals surface area contributed by atoms with E-state index in [9.17, 15) is 0 Å². The minimum atomic E-state index is 0.467. The summed E-state index contributed by atoms with van der Waals surface area (Å²) in [5.74, 6) is 1.79. The van der Waals surface area contributed by atoms with E-state index in [1.165, 1.54) is 11.1 Å². The molecule has 4 heteroatoms. The Balaban J connectivity index is 1.78. The lowest BCUT2D eigenvalue weighted by Crippen LogP contribution is -1.99. The second-order valence-corrected chi connectivity index (χ2v) is 5.72. The van der Waals surface area contributed by atoms with E-state index in [0.717, 1.165) is 40.4 Å². The monoisotopic (exact) mass is 352 g/mol. The van der Waals surface area contributed by atoms with Gasteiger partial charge < -0.3 is 9.47 Å². The molecule has 20 heavy (non-hydrogen) atoms. The summed E-state index contributed by atoms with van der Waals surface area (Å²) in [7, 11) is 0. The molecule has 0 spiro atoms. The highest BCUT2D eigenvalue weighted by Crippen LogP contribution is 2.33. The van der Waals surface area contributed by atoms with E-state index in [1.54, 1.807) is 0 Å². The van der Waals surface area contributed by atoms with E-state index in [-0.39, 0.29) is 0 Å². The minimum Gasteiger partial charge on any atom is -0.493 e. The molecule has 1 heterocycles. The van der Waals surface area contributed by atoms with Crippen LogP contribution in [-0.4, -0.2) is 6.61 Å². The van der Waals surface area contributed by atoms with Gasteiger partial charge in [0.05, 0.1) is 6.61 Å². The number of alkyl halides is 1. The van der Waals surface area contributed by atoms with E-state index in [4.69, 9.17) is 21.1 Å². The van der Waals surface area contributed by atoms with E-state index in [1.807, 2.05) is 30.3 Å². The molecule has 1 aliphatic rings. The lowest BCUT2D eigenvalue weighted by molar-refractivity contribution is 0.292. The van der Waals surface area contributed by atoms with Crippen LogP contribution in [0.25, 0.3) is 0 Å². The Morgan fingerprint density at radius 2 is 2.15 bits per heavy atom. The molecule has 2 aromatic rings. The van der Waals surface area contributed by atoms with Crippen LogP contribution in [0.2, 0.25) is 5.02 Å². The molecule has 0 saturated carbocycles. The summed E-state index contributed by atoms with van der Waals surface area (Å²) in [4.78, 5) is 0. The number of halogens is 2. The van der Waals surface area contributed by atoms with Crippen molar-refractivity contribution in [2.75, 3.05) is 6.61 Å². The molecule has 2 nitrogen and oxygen atoms in total. The summed E-state index contributed by atoms with van der Waals surface area (Å²) in [5.41, 5.74) is 3.37. The smallest absolute Gasteiger partial charge is 0.129 e. The second kappa shape index (κ2) is 6.06. The number of hydrogen-bond acceptors (Lipinski definition) is 2. The summed E-state index contributed by atoms with van der Waals surface area (Å²) < 4.78 is 11.5. The highest BCUT2D eigenvalue weighted by Gasteiger charge is 2.17. The lowest BCUT2D eigenvalue weighted by atomic mass is 10.1. The van der Waals surface area contributed by atoms with E-state index >= 15 is 0 Å². The third-order valence-corrected chi connectivity index (χ3v) is 4.14. The van der Waals surface area contributed by atoms with Crippen molar-refractivity contribution in [2.24, 2.45) is 0 Å². The van der Waals surface area contributed by atoms with E-state index in [0.29, 0.717) is 6.61 Å². The van der Waals surface area contributed by atoms with Crippen LogP contribution in [0.1, 0.15) is 16.7 Å². The summed E-state index contributed by atoms with van der Waals surface area (Å²) in [6.45, 7) is 1.19. The fraction of sp³-hybridized carbons (Fsp3) is 0.250. The van der Waals surface area contributed by atoms with Gasteiger partial charge in [0.25, 0.3) is 0 Å². The maximum atomic E-state index is 6.14. The van der Waals surface area contributed by atoms with Gasteiger partial charge >= 0.3 is 0 Å². The van der Waals surface area contributed by atoms with Crippen molar-refractivity contribution in [3.05, 3.63) is 58.1 Å². The Hall–Kier alpha value is -1.19. The summed E-state index contributed by atoms with van der Waals surface area (Å²) in [6.07, 6.45) is 0.919. The molecule has 0 N–H and O–H groups in total. The molecule has 1 aliphatic heterocycles. The fourth-order valence-corrected chi connectivity index (χ4v) is 2.94. The molecule has 0 fully saturated rings. The Bertz CT molecular complexity index is 628. The minimum absolute atomic E-state index is 0.467. The van der Waals surface area contributed by atoms with Crippen LogP contribution in [-0.2, 0) is 18.4 Å². The Morgan fingerprint density at radius 1 is 1.25 bits per heavy atom. The third-order valence-electron chi connectivity index (χ3n) is 3.27. The first-order valence-electron chi connectivity index (χ1n) is 6.48. The van der Waals surface area contributed by atoms with Crippen molar-refractivity contribution >= 4 is 27.5 Å². The van der Waals surface area contributed by atoms with E-state index < -0.39 is 0 Å². The molecular formula is C16H14BrClO2. The van der Waals surface area contributed by atoms with E-state index in [2.05, 4.69) is 22.0 Å². The molecule has 0 unspecified atom stereocenters. The second-order valence-electron chi connectivity index (χ2n) is 4.72. The SMILES string of the molecule is Clc1cc2c(c(COc3cccc(CBr)c3)c1)OCC2. The van der Waals surface area contributed by atoms with Gasteiger partial charge in [-0.2, -0.15) is 0 Å². The van der Waals surface area contributed by atoms with Crippen molar-refractivity contribution in [1.82, 2.24) is 0 Å². The average Bonchev–Trinajstić information content (AvgIpc) is 2.93. The van der Waals surface area contributed by atoms with Gasteiger partial charge in [-0.15, -0.1) is 0 Å². The Kier molecular flexibility index (Phi) is 4.18. The first kappa shape index (κ1) is 13.8. The predicted molar refractivity (Wildman–Crippen MR) is 84.1 cm³/mol. The van der Waals surface area contributed by atoms with Crippen molar-refractivity contribution in [1.29, 1.82) is 0 Å². The summed E-state index contributed by atoms with van der Waals surface area (Å²) >= 11 is 9.59. The molecule has 0 saturated heterocycles. The molecule has 0 radical (unpaired) electrons. The molecule has 104 valence electrons. The number of ether oxygens (including phenoxy) is 2. The van der Waals surface area contributed by atoms with Gasteiger partial charge in [0.1, 0.15) is 18.1 Å². The van der Waals surface area contributed by atoms with Crippen molar-refractivity contribution < 1.29 is 9.47 Å². The first-order valence-corrected chi connectivity index (χ1v) is 7.98. The highest BCUT2D eigenvalue weighted by molar-refractivity contribution is 9.08. The van der Waals surface area contributed by atoms with Gasteiger partial charge in [-0.1, -0.05) is 39.7 Å². The van der Waals surface area contributed by atoms with Crippen LogP contribution in [0.4, 0.5) is 0 Å².